The number of hydrogen-bond acceptors (Lipinski definition) is 2. The third kappa shape index (κ3) is 2.91. The van der Waals surface area contributed by atoms with Crippen molar-refractivity contribution in [3.8, 4) is 0 Å². The van der Waals surface area contributed by atoms with Crippen molar-refractivity contribution >= 4 is 5.97 Å². The third-order valence-corrected chi connectivity index (χ3v) is 3.68. The molecule has 0 saturated carbocycles. The van der Waals surface area contributed by atoms with E-state index in [1.807, 2.05) is 38.1 Å². The highest BCUT2D eigenvalue weighted by atomic mass is 16.5. The van der Waals surface area contributed by atoms with Crippen LogP contribution in [0.2, 0.25) is 0 Å². The van der Waals surface area contributed by atoms with Gasteiger partial charge in [0.1, 0.15) is 0 Å². The van der Waals surface area contributed by atoms with Crippen molar-refractivity contribution in [2.45, 2.75) is 51.2 Å². The van der Waals surface area contributed by atoms with Gasteiger partial charge in [0.15, 0.2) is 0 Å². The Morgan fingerprint density at radius 1 is 1.44 bits per heavy atom. The van der Waals surface area contributed by atoms with Crippen LogP contribution in [0.4, 0.5) is 0 Å². The van der Waals surface area contributed by atoms with Gasteiger partial charge in [-0.15, -0.1) is 0 Å². The van der Waals surface area contributed by atoms with Crippen molar-refractivity contribution in [1.82, 2.24) is 0 Å². The van der Waals surface area contributed by atoms with Crippen LogP contribution in [0.25, 0.3) is 0 Å². The molecule has 0 aliphatic carbocycles. The van der Waals surface area contributed by atoms with E-state index in [-0.39, 0.29) is 12.2 Å². The zero-order chi connectivity index (χ0) is 13.1. The molecule has 98 valence electrons. The van der Waals surface area contributed by atoms with E-state index in [4.69, 9.17) is 4.74 Å². The minimum atomic E-state index is -0.757. The molecule has 18 heavy (non-hydrogen) atoms. The predicted molar refractivity (Wildman–Crippen MR) is 69.7 cm³/mol. The number of carboxylic acid groups (broad SMARTS) is 1. The summed E-state index contributed by atoms with van der Waals surface area (Å²) < 4.78 is 5.74. The van der Waals surface area contributed by atoms with Crippen LogP contribution in [0.5, 0.6) is 0 Å². The Hall–Kier alpha value is -1.35. The molecule has 0 radical (unpaired) electrons. The first-order valence-corrected chi connectivity index (χ1v) is 6.51. The van der Waals surface area contributed by atoms with Gasteiger partial charge in [0.05, 0.1) is 18.1 Å². The summed E-state index contributed by atoms with van der Waals surface area (Å²) in [4.78, 5) is 11.5. The third-order valence-electron chi connectivity index (χ3n) is 3.68. The first-order chi connectivity index (χ1) is 8.58. The van der Waals surface area contributed by atoms with E-state index in [9.17, 15) is 9.90 Å². The second-order valence-electron chi connectivity index (χ2n) is 5.13. The maximum atomic E-state index is 11.5. The summed E-state index contributed by atoms with van der Waals surface area (Å²) in [5, 5.41) is 9.42. The van der Waals surface area contributed by atoms with Crippen LogP contribution in [0.15, 0.2) is 24.3 Å². The Kier molecular flexibility index (Phi) is 4.02. The Balaban J connectivity index is 2.14. The SMILES string of the molecule is Cc1ccccc1C(CC1CCC(C)O1)C(=O)O. The molecule has 0 amide bonds. The number of aliphatic carboxylic acids is 1. The summed E-state index contributed by atoms with van der Waals surface area (Å²) in [6.07, 6.45) is 2.92. The Morgan fingerprint density at radius 2 is 2.17 bits per heavy atom. The van der Waals surface area contributed by atoms with Crippen LogP contribution in [0.3, 0.4) is 0 Å². The van der Waals surface area contributed by atoms with Crippen LogP contribution in [-0.2, 0) is 9.53 Å². The summed E-state index contributed by atoms with van der Waals surface area (Å²) >= 11 is 0. The van der Waals surface area contributed by atoms with Gasteiger partial charge in [0.25, 0.3) is 0 Å². The van der Waals surface area contributed by atoms with Gasteiger partial charge in [-0.2, -0.15) is 0 Å². The average Bonchev–Trinajstić information content (AvgIpc) is 2.73. The minimum absolute atomic E-state index is 0.0840. The van der Waals surface area contributed by atoms with E-state index in [0.29, 0.717) is 6.42 Å². The largest absolute Gasteiger partial charge is 0.481 e. The smallest absolute Gasteiger partial charge is 0.311 e. The Morgan fingerprint density at radius 3 is 2.72 bits per heavy atom. The van der Waals surface area contributed by atoms with E-state index in [2.05, 4.69) is 0 Å². The fourth-order valence-electron chi connectivity index (χ4n) is 2.66. The zero-order valence-electron chi connectivity index (χ0n) is 10.9. The molecule has 2 rings (SSSR count). The van der Waals surface area contributed by atoms with Crippen LogP contribution >= 0.6 is 0 Å². The van der Waals surface area contributed by atoms with Gasteiger partial charge < -0.3 is 9.84 Å². The van der Waals surface area contributed by atoms with Gasteiger partial charge >= 0.3 is 5.97 Å². The monoisotopic (exact) mass is 248 g/mol. The number of aryl methyl sites for hydroxylation is 1. The molecule has 1 fully saturated rings. The summed E-state index contributed by atoms with van der Waals surface area (Å²) in [6.45, 7) is 4.01. The second kappa shape index (κ2) is 5.53. The molecule has 1 aliphatic heterocycles. The van der Waals surface area contributed by atoms with Crippen molar-refractivity contribution in [3.05, 3.63) is 35.4 Å². The van der Waals surface area contributed by atoms with Gasteiger partial charge in [-0.05, 0) is 44.2 Å². The highest BCUT2D eigenvalue weighted by Gasteiger charge is 2.29. The molecule has 3 nitrogen and oxygen atoms in total. The van der Waals surface area contributed by atoms with Crippen LogP contribution in [0.1, 0.15) is 43.2 Å². The van der Waals surface area contributed by atoms with E-state index < -0.39 is 11.9 Å². The molecule has 0 spiro atoms. The first-order valence-electron chi connectivity index (χ1n) is 6.51. The first kappa shape index (κ1) is 13.1. The fourth-order valence-corrected chi connectivity index (χ4v) is 2.66. The summed E-state index contributed by atoms with van der Waals surface area (Å²) in [5.41, 5.74) is 1.95. The maximum Gasteiger partial charge on any atom is 0.311 e. The molecule has 1 aliphatic rings. The summed E-state index contributed by atoms with van der Waals surface area (Å²) in [5.74, 6) is -1.21. The zero-order valence-corrected chi connectivity index (χ0v) is 10.9. The molecule has 3 heteroatoms. The van der Waals surface area contributed by atoms with Gasteiger partial charge in [-0.1, -0.05) is 24.3 Å². The molecule has 1 aromatic rings. The number of ether oxygens (including phenoxy) is 1. The molecular weight excluding hydrogens is 228 g/mol. The van der Waals surface area contributed by atoms with Crippen molar-refractivity contribution in [1.29, 1.82) is 0 Å². The van der Waals surface area contributed by atoms with Crippen molar-refractivity contribution in [2.75, 3.05) is 0 Å². The maximum absolute atomic E-state index is 11.5. The minimum Gasteiger partial charge on any atom is -0.481 e. The molecular formula is C15H20O3. The van der Waals surface area contributed by atoms with Crippen molar-refractivity contribution in [2.24, 2.45) is 0 Å². The van der Waals surface area contributed by atoms with Crippen molar-refractivity contribution in [3.63, 3.8) is 0 Å². The topological polar surface area (TPSA) is 46.5 Å². The number of rotatable bonds is 4. The van der Waals surface area contributed by atoms with Crippen molar-refractivity contribution < 1.29 is 14.6 Å². The van der Waals surface area contributed by atoms with Crippen LogP contribution in [0, 0.1) is 6.92 Å². The highest BCUT2D eigenvalue weighted by Crippen LogP contribution is 2.31. The van der Waals surface area contributed by atoms with Gasteiger partial charge in [0.2, 0.25) is 0 Å². The van der Waals surface area contributed by atoms with Crippen LogP contribution in [-0.4, -0.2) is 23.3 Å². The lowest BCUT2D eigenvalue weighted by atomic mass is 9.89. The molecule has 3 atom stereocenters. The molecule has 0 bridgehead atoms. The average molecular weight is 248 g/mol. The lowest BCUT2D eigenvalue weighted by Crippen LogP contribution is -2.20. The molecule has 0 aromatic heterocycles. The van der Waals surface area contributed by atoms with Gasteiger partial charge in [0, 0.05) is 0 Å². The molecule has 1 aromatic carbocycles. The molecule has 3 unspecified atom stereocenters. The summed E-state index contributed by atoms with van der Waals surface area (Å²) in [7, 11) is 0. The second-order valence-corrected chi connectivity index (χ2v) is 5.13. The number of benzene rings is 1. The standard InChI is InChI=1S/C15H20O3/c1-10-5-3-4-6-13(10)14(15(16)17)9-12-8-7-11(2)18-12/h3-6,11-12,14H,7-9H2,1-2H3,(H,16,17). The van der Waals surface area contributed by atoms with E-state index in [0.717, 1.165) is 24.0 Å². The quantitative estimate of drug-likeness (QED) is 0.890. The van der Waals surface area contributed by atoms with E-state index in [1.165, 1.54) is 0 Å². The highest BCUT2D eigenvalue weighted by molar-refractivity contribution is 5.76. The number of carboxylic acids is 1. The molecule has 1 saturated heterocycles. The lowest BCUT2D eigenvalue weighted by molar-refractivity contribution is -0.139. The van der Waals surface area contributed by atoms with E-state index >= 15 is 0 Å². The van der Waals surface area contributed by atoms with Crippen LogP contribution < -0.4 is 0 Å². The molecule has 1 N–H and O–H groups in total. The predicted octanol–water partition coefficient (Wildman–Crippen LogP) is 3.12. The van der Waals surface area contributed by atoms with Gasteiger partial charge in [-0.25, -0.2) is 0 Å². The fraction of sp³-hybridized carbons (Fsp3) is 0.533. The number of carbonyl (C=O) groups is 1. The summed E-state index contributed by atoms with van der Waals surface area (Å²) in [6, 6.07) is 7.71. The Bertz CT molecular complexity index is 428. The van der Waals surface area contributed by atoms with Gasteiger partial charge in [-0.3, -0.25) is 4.79 Å². The molecule has 1 heterocycles. The normalized spacial score (nSPS) is 25.0. The Labute approximate surface area is 108 Å². The lowest BCUT2D eigenvalue weighted by Gasteiger charge is -2.19. The van der Waals surface area contributed by atoms with E-state index in [1.54, 1.807) is 0 Å². The number of hydrogen-bond donors (Lipinski definition) is 1.